The van der Waals surface area contributed by atoms with Crippen LogP contribution in [-0.4, -0.2) is 51.0 Å². The zero-order valence-electron chi connectivity index (χ0n) is 19.1. The van der Waals surface area contributed by atoms with Crippen LogP contribution in [0.1, 0.15) is 36.9 Å². The number of halogens is 1. The molecule has 33 heavy (non-hydrogen) atoms. The number of amides is 1. The largest absolute Gasteiger partial charge is 0.494 e. The third-order valence-corrected chi connectivity index (χ3v) is 6.07. The number of alkyl carbamates (subject to hydrolysis) is 1. The van der Waals surface area contributed by atoms with Gasteiger partial charge in [-0.15, -0.1) is 0 Å². The minimum absolute atomic E-state index is 0.240. The van der Waals surface area contributed by atoms with Crippen LogP contribution in [0.4, 0.5) is 9.18 Å². The van der Waals surface area contributed by atoms with Gasteiger partial charge in [-0.1, -0.05) is 18.2 Å². The van der Waals surface area contributed by atoms with Crippen molar-refractivity contribution in [2.45, 2.75) is 32.4 Å². The van der Waals surface area contributed by atoms with Gasteiger partial charge >= 0.3 is 6.09 Å². The number of rotatable bonds is 7. The molecule has 178 valence electrons. The Morgan fingerprint density at radius 3 is 2.94 bits per heavy atom. The number of ether oxygens (including phenoxy) is 4. The maximum Gasteiger partial charge on any atom is 0.407 e. The van der Waals surface area contributed by atoms with Crippen LogP contribution >= 0.6 is 0 Å². The van der Waals surface area contributed by atoms with Crippen LogP contribution in [0, 0.1) is 11.7 Å². The molecular formula is C25H31FN2O5. The quantitative estimate of drug-likeness (QED) is 0.667. The molecule has 1 fully saturated rings. The first-order valence-electron chi connectivity index (χ1n) is 11.4. The molecule has 0 bridgehead atoms. The summed E-state index contributed by atoms with van der Waals surface area (Å²) in [5, 5.41) is 2.89. The van der Waals surface area contributed by atoms with Crippen LogP contribution in [-0.2, 0) is 11.3 Å². The van der Waals surface area contributed by atoms with Crippen LogP contribution < -0.4 is 19.5 Å². The number of hydrogen-bond acceptors (Lipinski definition) is 6. The third-order valence-electron chi connectivity index (χ3n) is 6.07. The molecule has 0 radical (unpaired) electrons. The van der Waals surface area contributed by atoms with Gasteiger partial charge in [0.15, 0.2) is 23.1 Å². The molecule has 2 unspecified atom stereocenters. The summed E-state index contributed by atoms with van der Waals surface area (Å²) >= 11 is 0. The number of carbonyl (C=O) groups excluding carboxylic acids is 1. The van der Waals surface area contributed by atoms with Gasteiger partial charge in [0.1, 0.15) is 13.2 Å². The van der Waals surface area contributed by atoms with E-state index >= 15 is 0 Å². The van der Waals surface area contributed by atoms with Gasteiger partial charge in [0.2, 0.25) is 0 Å². The van der Waals surface area contributed by atoms with E-state index in [1.165, 1.54) is 13.2 Å². The number of likely N-dealkylation sites (tertiary alicyclic amines) is 1. The van der Waals surface area contributed by atoms with Gasteiger partial charge in [-0.05, 0) is 50.1 Å². The SMILES string of the molecule is COc1ccc(CN2CCCC(COC(=O)NC(C)c3cccc4c3OCCO4)C2)cc1F. The van der Waals surface area contributed by atoms with Crippen molar-refractivity contribution in [2.24, 2.45) is 5.92 Å². The Morgan fingerprint density at radius 2 is 2.12 bits per heavy atom. The van der Waals surface area contributed by atoms with Crippen LogP contribution in [0.15, 0.2) is 36.4 Å². The number of nitrogens with one attached hydrogen (secondary N) is 1. The molecule has 2 atom stereocenters. The molecule has 2 aromatic carbocycles. The molecule has 0 spiro atoms. The number of carbonyl (C=O) groups is 1. The van der Waals surface area contributed by atoms with Crippen molar-refractivity contribution in [3.8, 4) is 17.2 Å². The molecule has 0 aliphatic carbocycles. The summed E-state index contributed by atoms with van der Waals surface area (Å²) in [4.78, 5) is 14.7. The first kappa shape index (κ1) is 23.2. The van der Waals surface area contributed by atoms with Gasteiger partial charge in [-0.25, -0.2) is 9.18 Å². The minimum atomic E-state index is -0.453. The van der Waals surface area contributed by atoms with Gasteiger partial charge in [-0.2, -0.15) is 0 Å². The molecule has 4 rings (SSSR count). The number of fused-ring (bicyclic) bond motifs is 1. The number of benzene rings is 2. The molecule has 1 N–H and O–H groups in total. The van der Waals surface area contributed by atoms with Gasteiger partial charge in [0.05, 0.1) is 19.8 Å². The van der Waals surface area contributed by atoms with E-state index < -0.39 is 6.09 Å². The Balaban J connectivity index is 1.26. The lowest BCUT2D eigenvalue weighted by molar-refractivity contribution is 0.0853. The molecule has 2 heterocycles. The number of piperidine rings is 1. The van der Waals surface area contributed by atoms with E-state index in [1.54, 1.807) is 6.07 Å². The molecule has 7 nitrogen and oxygen atoms in total. The second kappa shape index (κ2) is 10.7. The first-order chi connectivity index (χ1) is 16.0. The number of methoxy groups -OCH3 is 1. The van der Waals surface area contributed by atoms with Crippen molar-refractivity contribution in [1.29, 1.82) is 0 Å². The Bertz CT molecular complexity index is 970. The molecule has 2 aliphatic rings. The molecule has 1 amide bonds. The Hall–Kier alpha value is -3.00. The van der Waals surface area contributed by atoms with Crippen LogP contribution in [0.5, 0.6) is 17.2 Å². The second-order valence-electron chi connectivity index (χ2n) is 8.55. The van der Waals surface area contributed by atoms with Gasteiger partial charge < -0.3 is 24.3 Å². The standard InChI is InChI=1S/C25H31FN2O5/c1-17(20-6-3-7-23-24(20)32-12-11-31-23)27-25(29)33-16-19-5-4-10-28(15-19)14-18-8-9-22(30-2)21(26)13-18/h3,6-9,13,17,19H,4-5,10-12,14-16H2,1-2H3,(H,27,29). The molecule has 0 aromatic heterocycles. The van der Waals surface area contributed by atoms with Gasteiger partial charge in [0, 0.05) is 24.6 Å². The van der Waals surface area contributed by atoms with Gasteiger partial charge in [0.25, 0.3) is 0 Å². The highest BCUT2D eigenvalue weighted by Crippen LogP contribution is 2.36. The van der Waals surface area contributed by atoms with Crippen molar-refractivity contribution in [3.05, 3.63) is 53.3 Å². The maximum absolute atomic E-state index is 14.0. The molecular weight excluding hydrogens is 427 g/mol. The fourth-order valence-electron chi connectivity index (χ4n) is 4.42. The summed E-state index contributed by atoms with van der Waals surface area (Å²) in [6.45, 7) is 5.64. The summed E-state index contributed by atoms with van der Waals surface area (Å²) in [6, 6.07) is 10.4. The summed E-state index contributed by atoms with van der Waals surface area (Å²) < 4.78 is 35.9. The molecule has 1 saturated heterocycles. The van der Waals surface area contributed by atoms with Crippen molar-refractivity contribution >= 4 is 6.09 Å². The number of hydrogen-bond donors (Lipinski definition) is 1. The number of para-hydroxylation sites is 1. The van der Waals surface area contributed by atoms with Crippen molar-refractivity contribution in [1.82, 2.24) is 10.2 Å². The lowest BCUT2D eigenvalue weighted by atomic mass is 9.98. The van der Waals surface area contributed by atoms with Crippen LogP contribution in [0.2, 0.25) is 0 Å². The van der Waals surface area contributed by atoms with E-state index in [9.17, 15) is 9.18 Å². The summed E-state index contributed by atoms with van der Waals surface area (Å²) in [5.74, 6) is 1.51. The molecule has 2 aromatic rings. The Labute approximate surface area is 193 Å². The highest BCUT2D eigenvalue weighted by molar-refractivity contribution is 5.68. The molecule has 8 heteroatoms. The predicted octanol–water partition coefficient (Wildman–Crippen LogP) is 4.30. The molecule has 2 aliphatic heterocycles. The summed E-state index contributed by atoms with van der Waals surface area (Å²) in [6.07, 6.45) is 1.55. The number of nitrogens with zero attached hydrogens (tertiary/aromatic N) is 1. The van der Waals surface area contributed by atoms with E-state index in [0.29, 0.717) is 37.9 Å². The maximum atomic E-state index is 14.0. The van der Waals surface area contributed by atoms with E-state index in [-0.39, 0.29) is 23.5 Å². The zero-order chi connectivity index (χ0) is 23.2. The lowest BCUT2D eigenvalue weighted by Gasteiger charge is -2.32. The van der Waals surface area contributed by atoms with Crippen molar-refractivity contribution < 1.29 is 28.1 Å². The van der Waals surface area contributed by atoms with E-state index in [2.05, 4.69) is 10.2 Å². The molecule has 0 saturated carbocycles. The van der Waals surface area contributed by atoms with Crippen molar-refractivity contribution in [3.63, 3.8) is 0 Å². The van der Waals surface area contributed by atoms with E-state index in [1.807, 2.05) is 31.2 Å². The van der Waals surface area contributed by atoms with Gasteiger partial charge in [-0.3, -0.25) is 4.90 Å². The summed E-state index contributed by atoms with van der Waals surface area (Å²) in [5.41, 5.74) is 1.76. The third kappa shape index (κ3) is 5.87. The zero-order valence-corrected chi connectivity index (χ0v) is 19.1. The topological polar surface area (TPSA) is 69.3 Å². The average Bonchev–Trinajstić information content (AvgIpc) is 2.83. The Morgan fingerprint density at radius 1 is 1.27 bits per heavy atom. The normalized spacial score (nSPS) is 18.9. The van der Waals surface area contributed by atoms with E-state index in [0.717, 1.165) is 37.1 Å². The predicted molar refractivity (Wildman–Crippen MR) is 121 cm³/mol. The Kier molecular flexibility index (Phi) is 7.54. The minimum Gasteiger partial charge on any atom is -0.494 e. The average molecular weight is 459 g/mol. The summed E-state index contributed by atoms with van der Waals surface area (Å²) in [7, 11) is 1.46. The highest BCUT2D eigenvalue weighted by atomic mass is 19.1. The first-order valence-corrected chi connectivity index (χ1v) is 11.4. The van der Waals surface area contributed by atoms with Crippen molar-refractivity contribution in [2.75, 3.05) is 40.0 Å². The smallest absolute Gasteiger partial charge is 0.407 e. The van der Waals surface area contributed by atoms with Crippen LogP contribution in [0.3, 0.4) is 0 Å². The fourth-order valence-corrected chi connectivity index (χ4v) is 4.42. The lowest BCUT2D eigenvalue weighted by Crippen LogP contribution is -2.38. The fraction of sp³-hybridized carbons (Fsp3) is 0.480. The van der Waals surface area contributed by atoms with Crippen LogP contribution in [0.25, 0.3) is 0 Å². The van der Waals surface area contributed by atoms with E-state index in [4.69, 9.17) is 18.9 Å². The monoisotopic (exact) mass is 458 g/mol. The highest BCUT2D eigenvalue weighted by Gasteiger charge is 2.24. The second-order valence-corrected chi connectivity index (χ2v) is 8.55.